The number of carbonyl (C=O) groups excluding carboxylic acids is 2. The van der Waals surface area contributed by atoms with E-state index in [4.69, 9.17) is 0 Å². The van der Waals surface area contributed by atoms with Crippen molar-refractivity contribution in [3.05, 3.63) is 0 Å². The van der Waals surface area contributed by atoms with Gasteiger partial charge in [0.2, 0.25) is 11.8 Å². The standard InChI is InChI=1S/C13H24N2O2/c1-6-12(3,4)15-9-8-10(16)14-13(5,7-2)11(15)17/h6-9H2,1-5H3,(H,14,16). The van der Waals surface area contributed by atoms with Crippen LogP contribution in [0.1, 0.15) is 53.9 Å². The van der Waals surface area contributed by atoms with Gasteiger partial charge in [-0.25, -0.2) is 0 Å². The Balaban J connectivity index is 3.08. The van der Waals surface area contributed by atoms with E-state index in [9.17, 15) is 9.59 Å². The molecule has 1 atom stereocenters. The van der Waals surface area contributed by atoms with Crippen LogP contribution in [0, 0.1) is 0 Å². The Bertz CT molecular complexity index is 325. The molecule has 0 saturated carbocycles. The molecule has 0 aromatic heterocycles. The Hall–Kier alpha value is -1.06. The predicted molar refractivity (Wildman–Crippen MR) is 67.5 cm³/mol. The number of hydrogen-bond acceptors (Lipinski definition) is 2. The average Bonchev–Trinajstić information content (AvgIpc) is 2.38. The van der Waals surface area contributed by atoms with Crippen LogP contribution in [0.25, 0.3) is 0 Å². The molecule has 0 aromatic carbocycles. The normalized spacial score (nSPS) is 26.8. The molecule has 1 unspecified atom stereocenters. The van der Waals surface area contributed by atoms with Gasteiger partial charge in [0.15, 0.2) is 0 Å². The molecule has 98 valence electrons. The smallest absolute Gasteiger partial charge is 0.248 e. The van der Waals surface area contributed by atoms with Gasteiger partial charge in [0.05, 0.1) is 0 Å². The van der Waals surface area contributed by atoms with Crippen LogP contribution in [0.3, 0.4) is 0 Å². The van der Waals surface area contributed by atoms with Crippen molar-refractivity contribution < 1.29 is 9.59 Å². The summed E-state index contributed by atoms with van der Waals surface area (Å²) in [5, 5.41) is 2.85. The van der Waals surface area contributed by atoms with Crippen molar-refractivity contribution in [2.45, 2.75) is 65.0 Å². The summed E-state index contributed by atoms with van der Waals surface area (Å²) in [6.07, 6.45) is 1.89. The molecular formula is C13H24N2O2. The van der Waals surface area contributed by atoms with Gasteiger partial charge in [-0.2, -0.15) is 0 Å². The topological polar surface area (TPSA) is 49.4 Å². The van der Waals surface area contributed by atoms with Crippen LogP contribution in [-0.2, 0) is 9.59 Å². The summed E-state index contributed by atoms with van der Waals surface area (Å²) in [6, 6.07) is 0. The highest BCUT2D eigenvalue weighted by atomic mass is 16.2. The van der Waals surface area contributed by atoms with Crippen LogP contribution in [0.2, 0.25) is 0 Å². The second-order valence-electron chi connectivity index (χ2n) is 5.61. The van der Waals surface area contributed by atoms with Crippen LogP contribution >= 0.6 is 0 Å². The predicted octanol–water partition coefficient (Wildman–Crippen LogP) is 1.69. The second kappa shape index (κ2) is 4.67. The lowest BCUT2D eigenvalue weighted by molar-refractivity contribution is -0.143. The molecule has 1 N–H and O–H groups in total. The van der Waals surface area contributed by atoms with E-state index in [0.29, 0.717) is 19.4 Å². The molecule has 17 heavy (non-hydrogen) atoms. The molecule has 4 nitrogen and oxygen atoms in total. The minimum Gasteiger partial charge on any atom is -0.342 e. The van der Waals surface area contributed by atoms with Crippen molar-refractivity contribution in [3.8, 4) is 0 Å². The number of nitrogens with one attached hydrogen (secondary N) is 1. The quantitative estimate of drug-likeness (QED) is 0.816. The number of carbonyl (C=O) groups is 2. The molecule has 0 aliphatic carbocycles. The van der Waals surface area contributed by atoms with E-state index in [1.165, 1.54) is 0 Å². The number of nitrogens with zero attached hydrogens (tertiary/aromatic N) is 1. The monoisotopic (exact) mass is 240 g/mol. The maximum Gasteiger partial charge on any atom is 0.248 e. The summed E-state index contributed by atoms with van der Waals surface area (Å²) >= 11 is 0. The van der Waals surface area contributed by atoms with E-state index in [-0.39, 0.29) is 17.4 Å². The molecule has 1 saturated heterocycles. The average molecular weight is 240 g/mol. The lowest BCUT2D eigenvalue weighted by atomic mass is 9.92. The molecule has 1 fully saturated rings. The first-order valence-corrected chi connectivity index (χ1v) is 6.40. The van der Waals surface area contributed by atoms with Gasteiger partial charge < -0.3 is 10.2 Å². The molecule has 1 aliphatic rings. The third kappa shape index (κ3) is 2.61. The molecule has 0 bridgehead atoms. The van der Waals surface area contributed by atoms with Crippen LogP contribution in [0.5, 0.6) is 0 Å². The van der Waals surface area contributed by atoms with E-state index in [1.807, 2.05) is 18.7 Å². The molecule has 1 rings (SSSR count). The Morgan fingerprint density at radius 1 is 1.35 bits per heavy atom. The summed E-state index contributed by atoms with van der Waals surface area (Å²) in [7, 11) is 0. The van der Waals surface area contributed by atoms with Crippen molar-refractivity contribution in [3.63, 3.8) is 0 Å². The van der Waals surface area contributed by atoms with Crippen molar-refractivity contribution >= 4 is 11.8 Å². The first-order chi connectivity index (χ1) is 7.77. The Kier molecular flexibility index (Phi) is 3.84. The van der Waals surface area contributed by atoms with E-state index >= 15 is 0 Å². The lowest BCUT2D eigenvalue weighted by Crippen LogP contribution is -2.59. The van der Waals surface area contributed by atoms with Crippen LogP contribution < -0.4 is 5.32 Å². The van der Waals surface area contributed by atoms with Crippen LogP contribution in [-0.4, -0.2) is 34.3 Å². The second-order valence-corrected chi connectivity index (χ2v) is 5.61. The number of hydrogen-bond donors (Lipinski definition) is 1. The molecule has 4 heteroatoms. The summed E-state index contributed by atoms with van der Waals surface area (Å²) in [5.41, 5.74) is -0.945. The lowest BCUT2D eigenvalue weighted by Gasteiger charge is -2.41. The number of amides is 2. The minimum atomic E-state index is -0.750. The van der Waals surface area contributed by atoms with Crippen molar-refractivity contribution in [1.29, 1.82) is 0 Å². The largest absolute Gasteiger partial charge is 0.342 e. The fraction of sp³-hybridized carbons (Fsp3) is 0.846. The van der Waals surface area contributed by atoms with Crippen LogP contribution in [0.4, 0.5) is 0 Å². The zero-order valence-corrected chi connectivity index (χ0v) is 11.6. The molecular weight excluding hydrogens is 216 g/mol. The van der Waals surface area contributed by atoms with Crippen molar-refractivity contribution in [2.75, 3.05) is 6.54 Å². The third-order valence-electron chi connectivity index (χ3n) is 4.00. The maximum atomic E-state index is 12.6. The van der Waals surface area contributed by atoms with Gasteiger partial charge in [0.1, 0.15) is 5.54 Å². The summed E-state index contributed by atoms with van der Waals surface area (Å²) in [5.74, 6) is 0.00908. The number of rotatable bonds is 3. The maximum absolute atomic E-state index is 12.6. The zero-order valence-electron chi connectivity index (χ0n) is 11.6. The fourth-order valence-corrected chi connectivity index (χ4v) is 2.04. The third-order valence-corrected chi connectivity index (χ3v) is 4.00. The van der Waals surface area contributed by atoms with Gasteiger partial charge in [-0.3, -0.25) is 9.59 Å². The van der Waals surface area contributed by atoms with E-state index in [2.05, 4.69) is 26.1 Å². The Morgan fingerprint density at radius 3 is 2.41 bits per heavy atom. The van der Waals surface area contributed by atoms with E-state index in [0.717, 1.165) is 6.42 Å². The molecule has 0 radical (unpaired) electrons. The van der Waals surface area contributed by atoms with Gasteiger partial charge in [-0.15, -0.1) is 0 Å². The molecule has 1 heterocycles. The Labute approximate surface area is 104 Å². The first kappa shape index (κ1) is 14.0. The molecule has 1 aliphatic heterocycles. The van der Waals surface area contributed by atoms with Crippen molar-refractivity contribution in [2.24, 2.45) is 0 Å². The molecule has 0 aromatic rings. The van der Waals surface area contributed by atoms with Crippen LogP contribution in [0.15, 0.2) is 0 Å². The van der Waals surface area contributed by atoms with E-state index < -0.39 is 5.54 Å². The SMILES string of the molecule is CCC1(C)NC(=O)CCN(C(C)(C)CC)C1=O. The minimum absolute atomic E-state index is 0.0305. The highest BCUT2D eigenvalue weighted by Gasteiger charge is 2.43. The molecule has 2 amide bonds. The van der Waals surface area contributed by atoms with Gasteiger partial charge in [0, 0.05) is 18.5 Å². The summed E-state index contributed by atoms with van der Waals surface area (Å²) in [6.45, 7) is 10.4. The highest BCUT2D eigenvalue weighted by molar-refractivity contribution is 5.93. The first-order valence-electron chi connectivity index (χ1n) is 6.40. The highest BCUT2D eigenvalue weighted by Crippen LogP contribution is 2.26. The van der Waals surface area contributed by atoms with Gasteiger partial charge in [0.25, 0.3) is 0 Å². The Morgan fingerprint density at radius 2 is 1.94 bits per heavy atom. The van der Waals surface area contributed by atoms with Gasteiger partial charge in [-0.05, 0) is 33.6 Å². The summed E-state index contributed by atoms with van der Waals surface area (Å²) in [4.78, 5) is 26.1. The fourth-order valence-electron chi connectivity index (χ4n) is 2.04. The van der Waals surface area contributed by atoms with E-state index in [1.54, 1.807) is 0 Å². The molecule has 0 spiro atoms. The van der Waals surface area contributed by atoms with Gasteiger partial charge >= 0.3 is 0 Å². The van der Waals surface area contributed by atoms with Gasteiger partial charge in [-0.1, -0.05) is 13.8 Å². The van der Waals surface area contributed by atoms with Crippen molar-refractivity contribution in [1.82, 2.24) is 10.2 Å². The summed E-state index contributed by atoms with van der Waals surface area (Å²) < 4.78 is 0. The zero-order chi connectivity index (χ0) is 13.3.